The topological polar surface area (TPSA) is 117 Å². The third kappa shape index (κ3) is 3.98. The number of ether oxygens (including phenoxy) is 1. The van der Waals surface area contributed by atoms with Crippen LogP contribution in [0.15, 0.2) is 36.7 Å². The Morgan fingerprint density at radius 2 is 2.18 bits per heavy atom. The predicted molar refractivity (Wildman–Crippen MR) is 96.5 cm³/mol. The van der Waals surface area contributed by atoms with Crippen molar-refractivity contribution in [2.45, 2.75) is 27.1 Å². The van der Waals surface area contributed by atoms with Crippen molar-refractivity contribution in [1.82, 2.24) is 19.6 Å². The van der Waals surface area contributed by atoms with Crippen LogP contribution in [0.3, 0.4) is 0 Å². The first-order chi connectivity index (χ1) is 13.4. The third-order valence-corrected chi connectivity index (χ3v) is 4.00. The molecule has 1 N–H and O–H groups in total. The number of nitro groups is 1. The molecular weight excluding hydrogens is 371 g/mol. The van der Waals surface area contributed by atoms with Crippen molar-refractivity contribution in [3.63, 3.8) is 0 Å². The molecule has 146 valence electrons. The van der Waals surface area contributed by atoms with E-state index in [1.165, 1.54) is 16.9 Å². The lowest BCUT2D eigenvalue weighted by Gasteiger charge is -2.07. The molecule has 0 saturated heterocycles. The summed E-state index contributed by atoms with van der Waals surface area (Å²) in [6, 6.07) is 4.39. The highest BCUT2D eigenvalue weighted by molar-refractivity contribution is 6.03. The molecule has 0 aliphatic rings. The van der Waals surface area contributed by atoms with Crippen LogP contribution < -0.4 is 10.1 Å². The van der Waals surface area contributed by atoms with Crippen LogP contribution in [0.1, 0.15) is 23.1 Å². The Hall–Kier alpha value is -3.76. The number of hydrogen-bond acceptors (Lipinski definition) is 6. The van der Waals surface area contributed by atoms with Gasteiger partial charge in [0.2, 0.25) is 5.75 Å². The molecule has 3 aromatic rings. The van der Waals surface area contributed by atoms with Crippen molar-refractivity contribution in [2.75, 3.05) is 5.32 Å². The minimum Gasteiger partial charge on any atom is -0.464 e. The zero-order valence-electron chi connectivity index (χ0n) is 15.1. The van der Waals surface area contributed by atoms with E-state index in [1.807, 2.05) is 13.8 Å². The maximum absolute atomic E-state index is 13.3. The van der Waals surface area contributed by atoms with Gasteiger partial charge in [0, 0.05) is 24.9 Å². The van der Waals surface area contributed by atoms with Crippen molar-refractivity contribution in [1.29, 1.82) is 0 Å². The van der Waals surface area contributed by atoms with Crippen molar-refractivity contribution in [3.05, 3.63) is 64.0 Å². The van der Waals surface area contributed by atoms with Gasteiger partial charge in [0.15, 0.2) is 12.4 Å². The maximum Gasteiger partial charge on any atom is 0.311 e. The number of benzene rings is 1. The van der Waals surface area contributed by atoms with Crippen LogP contribution in [-0.4, -0.2) is 30.4 Å². The van der Waals surface area contributed by atoms with Gasteiger partial charge in [-0.1, -0.05) is 0 Å². The second-order valence-electron chi connectivity index (χ2n) is 5.80. The molecule has 10 nitrogen and oxygen atoms in total. The Kier molecular flexibility index (Phi) is 5.34. The quantitative estimate of drug-likeness (QED) is 0.491. The van der Waals surface area contributed by atoms with Crippen LogP contribution in [0.2, 0.25) is 0 Å². The molecule has 0 atom stereocenters. The number of nitrogens with one attached hydrogen (secondary N) is 1. The molecule has 28 heavy (non-hydrogen) atoms. The largest absolute Gasteiger partial charge is 0.464 e. The number of rotatable bonds is 7. The van der Waals surface area contributed by atoms with Gasteiger partial charge in [0.05, 0.1) is 22.5 Å². The Morgan fingerprint density at radius 1 is 1.39 bits per heavy atom. The third-order valence-electron chi connectivity index (χ3n) is 4.00. The van der Waals surface area contributed by atoms with E-state index in [0.29, 0.717) is 12.2 Å². The first-order valence-electron chi connectivity index (χ1n) is 8.33. The van der Waals surface area contributed by atoms with Crippen molar-refractivity contribution in [2.24, 2.45) is 0 Å². The van der Waals surface area contributed by atoms with Gasteiger partial charge < -0.3 is 10.1 Å². The van der Waals surface area contributed by atoms with Crippen LogP contribution >= 0.6 is 0 Å². The van der Waals surface area contributed by atoms with E-state index in [-0.39, 0.29) is 23.9 Å². The predicted octanol–water partition coefficient (Wildman–Crippen LogP) is 2.74. The number of hydrogen-bond donors (Lipinski definition) is 1. The van der Waals surface area contributed by atoms with Crippen molar-refractivity contribution in [3.8, 4) is 5.75 Å². The van der Waals surface area contributed by atoms with E-state index in [9.17, 15) is 19.3 Å². The summed E-state index contributed by atoms with van der Waals surface area (Å²) in [6.07, 6.45) is 3.03. The first-order valence-corrected chi connectivity index (χ1v) is 8.33. The van der Waals surface area contributed by atoms with Gasteiger partial charge in [0.1, 0.15) is 5.82 Å². The fourth-order valence-electron chi connectivity index (χ4n) is 2.52. The van der Waals surface area contributed by atoms with Crippen LogP contribution in [0.25, 0.3) is 0 Å². The highest BCUT2D eigenvalue weighted by atomic mass is 19.1. The number of amides is 1. The Bertz CT molecular complexity index is 1030. The molecule has 11 heteroatoms. The lowest BCUT2D eigenvalue weighted by atomic mass is 10.3. The fraction of sp³-hybridized carbons (Fsp3) is 0.235. The zero-order valence-corrected chi connectivity index (χ0v) is 15.1. The Balaban J connectivity index is 1.67. The lowest BCUT2D eigenvalue weighted by Crippen LogP contribution is -2.15. The summed E-state index contributed by atoms with van der Waals surface area (Å²) in [5, 5.41) is 21.9. The second-order valence-corrected chi connectivity index (χ2v) is 5.80. The van der Waals surface area contributed by atoms with Crippen LogP contribution in [-0.2, 0) is 13.3 Å². The summed E-state index contributed by atoms with van der Waals surface area (Å²) >= 11 is 0. The van der Waals surface area contributed by atoms with E-state index >= 15 is 0 Å². The Labute approximate surface area is 158 Å². The normalized spacial score (nSPS) is 10.7. The van der Waals surface area contributed by atoms with Crippen LogP contribution in [0.4, 0.5) is 15.8 Å². The van der Waals surface area contributed by atoms with Gasteiger partial charge in [0.25, 0.3) is 5.91 Å². The highest BCUT2D eigenvalue weighted by Gasteiger charge is 2.17. The summed E-state index contributed by atoms with van der Waals surface area (Å²) in [6.45, 7) is 4.23. The number of nitrogens with zero attached hydrogens (tertiary/aromatic N) is 5. The molecule has 0 unspecified atom stereocenters. The number of anilines is 1. The zero-order chi connectivity index (χ0) is 20.3. The Morgan fingerprint density at radius 3 is 2.86 bits per heavy atom. The monoisotopic (exact) mass is 388 g/mol. The number of aryl methyl sites for hydroxylation is 1. The minimum absolute atomic E-state index is 0.126. The van der Waals surface area contributed by atoms with Gasteiger partial charge in [-0.05, 0) is 26.0 Å². The maximum atomic E-state index is 13.3. The number of carbonyl (C=O) groups is 1. The highest BCUT2D eigenvalue weighted by Crippen LogP contribution is 2.27. The van der Waals surface area contributed by atoms with Crippen LogP contribution in [0, 0.1) is 22.9 Å². The molecule has 0 fully saturated rings. The fourth-order valence-corrected chi connectivity index (χ4v) is 2.52. The molecule has 3 rings (SSSR count). The van der Waals surface area contributed by atoms with E-state index in [4.69, 9.17) is 4.74 Å². The molecular formula is C17H17FN6O4. The summed E-state index contributed by atoms with van der Waals surface area (Å²) in [7, 11) is 0. The van der Waals surface area contributed by atoms with Crippen molar-refractivity contribution >= 4 is 17.3 Å². The molecule has 1 amide bonds. The van der Waals surface area contributed by atoms with E-state index < -0.39 is 16.6 Å². The number of nitro benzene ring substituents is 1. The number of carbonyl (C=O) groups excluding carboxylic acids is 1. The molecule has 0 aliphatic carbocycles. The SMILES string of the molecule is CCn1ncc(NC(=O)c2ccn(COc3cc(F)ccc3[N+](=O)[O-])n2)c1C. The summed E-state index contributed by atoms with van der Waals surface area (Å²) in [4.78, 5) is 22.6. The van der Waals surface area contributed by atoms with Gasteiger partial charge in [-0.25, -0.2) is 9.07 Å². The lowest BCUT2D eigenvalue weighted by molar-refractivity contribution is -0.386. The molecule has 0 aliphatic heterocycles. The number of aromatic nitrogens is 4. The second kappa shape index (κ2) is 7.86. The first kappa shape index (κ1) is 19.0. The molecule has 2 heterocycles. The molecule has 0 radical (unpaired) electrons. The minimum atomic E-state index is -0.671. The molecule has 0 saturated carbocycles. The van der Waals surface area contributed by atoms with Gasteiger partial charge in [-0.15, -0.1) is 0 Å². The average Bonchev–Trinajstić information content (AvgIpc) is 3.27. The van der Waals surface area contributed by atoms with E-state index in [0.717, 1.165) is 23.9 Å². The van der Waals surface area contributed by atoms with Crippen molar-refractivity contribution < 1.29 is 18.8 Å². The summed E-state index contributed by atoms with van der Waals surface area (Å²) < 4.78 is 21.6. The van der Waals surface area contributed by atoms with Crippen LogP contribution in [0.5, 0.6) is 5.75 Å². The molecule has 1 aromatic carbocycles. The van der Waals surface area contributed by atoms with Gasteiger partial charge >= 0.3 is 5.69 Å². The smallest absolute Gasteiger partial charge is 0.311 e. The van der Waals surface area contributed by atoms with Gasteiger partial charge in [-0.2, -0.15) is 10.2 Å². The molecule has 0 bridgehead atoms. The molecule has 2 aromatic heterocycles. The van der Waals surface area contributed by atoms with E-state index in [2.05, 4.69) is 15.5 Å². The average molecular weight is 388 g/mol. The molecule has 0 spiro atoms. The summed E-state index contributed by atoms with van der Waals surface area (Å²) in [5.41, 5.74) is 1.15. The summed E-state index contributed by atoms with van der Waals surface area (Å²) in [5.74, 6) is -1.33. The van der Waals surface area contributed by atoms with Gasteiger partial charge in [-0.3, -0.25) is 19.6 Å². The number of halogens is 1. The van der Waals surface area contributed by atoms with E-state index in [1.54, 1.807) is 10.9 Å². The standard InChI is InChI=1S/C17H17FN6O4/c1-3-23-11(2)14(9-19-23)20-17(25)13-6-7-22(21-13)10-28-16-8-12(18)4-5-15(16)24(26)27/h4-9H,3,10H2,1-2H3,(H,20,25).